The summed E-state index contributed by atoms with van der Waals surface area (Å²) in [6.07, 6.45) is 7.26. The molecule has 0 fully saturated rings. The first-order valence-corrected chi connectivity index (χ1v) is 9.93. The first-order chi connectivity index (χ1) is 14.3. The SMILES string of the molecule is O=C(NCCc1c[nH]c2ccccc12)c1cncc(N2CCc3ccccc32)c1. The van der Waals surface area contributed by atoms with Crippen LogP contribution in [0, 0.1) is 0 Å². The number of aromatic amines is 1. The minimum Gasteiger partial charge on any atom is -0.361 e. The number of para-hydroxylation sites is 2. The minimum atomic E-state index is -0.0910. The van der Waals surface area contributed by atoms with Gasteiger partial charge in [-0.25, -0.2) is 0 Å². The van der Waals surface area contributed by atoms with Crippen LogP contribution in [-0.4, -0.2) is 29.0 Å². The molecule has 0 radical (unpaired) electrons. The number of benzene rings is 2. The molecule has 5 heteroatoms. The van der Waals surface area contributed by atoms with Gasteiger partial charge in [-0.05, 0) is 42.2 Å². The molecule has 0 saturated heterocycles. The summed E-state index contributed by atoms with van der Waals surface area (Å²) in [5, 5.41) is 4.23. The van der Waals surface area contributed by atoms with E-state index in [-0.39, 0.29) is 5.91 Å². The molecule has 2 aromatic carbocycles. The highest BCUT2D eigenvalue weighted by Gasteiger charge is 2.20. The fraction of sp³-hybridized carbons (Fsp3) is 0.167. The second-order valence-electron chi connectivity index (χ2n) is 7.33. The smallest absolute Gasteiger partial charge is 0.252 e. The number of anilines is 2. The van der Waals surface area contributed by atoms with Gasteiger partial charge in [0.2, 0.25) is 0 Å². The first-order valence-electron chi connectivity index (χ1n) is 9.93. The third-order valence-electron chi connectivity index (χ3n) is 5.54. The van der Waals surface area contributed by atoms with Gasteiger partial charge in [0.1, 0.15) is 0 Å². The zero-order chi connectivity index (χ0) is 19.6. The molecule has 0 saturated carbocycles. The Hall–Kier alpha value is -3.60. The predicted molar refractivity (Wildman–Crippen MR) is 116 cm³/mol. The number of hydrogen-bond acceptors (Lipinski definition) is 3. The third-order valence-corrected chi connectivity index (χ3v) is 5.54. The van der Waals surface area contributed by atoms with Crippen molar-refractivity contribution in [2.45, 2.75) is 12.8 Å². The van der Waals surface area contributed by atoms with Crippen molar-refractivity contribution in [3.63, 3.8) is 0 Å². The maximum atomic E-state index is 12.7. The Morgan fingerprint density at radius 1 is 1.10 bits per heavy atom. The van der Waals surface area contributed by atoms with Gasteiger partial charge in [0.15, 0.2) is 0 Å². The van der Waals surface area contributed by atoms with Crippen LogP contribution >= 0.6 is 0 Å². The van der Waals surface area contributed by atoms with Crippen LogP contribution in [0.25, 0.3) is 10.9 Å². The molecule has 2 N–H and O–H groups in total. The minimum absolute atomic E-state index is 0.0910. The lowest BCUT2D eigenvalue weighted by Crippen LogP contribution is -2.26. The maximum absolute atomic E-state index is 12.7. The molecule has 1 aliphatic heterocycles. The molecule has 5 nitrogen and oxygen atoms in total. The number of carbonyl (C=O) groups is 1. The molecule has 1 amide bonds. The molecule has 0 atom stereocenters. The quantitative estimate of drug-likeness (QED) is 0.543. The van der Waals surface area contributed by atoms with E-state index in [4.69, 9.17) is 0 Å². The summed E-state index contributed by atoms with van der Waals surface area (Å²) >= 11 is 0. The van der Waals surface area contributed by atoms with E-state index in [1.165, 1.54) is 22.2 Å². The van der Waals surface area contributed by atoms with E-state index in [1.54, 1.807) is 6.20 Å². The largest absolute Gasteiger partial charge is 0.361 e. The highest BCUT2D eigenvalue weighted by Crippen LogP contribution is 2.34. The van der Waals surface area contributed by atoms with Crippen molar-refractivity contribution in [1.82, 2.24) is 15.3 Å². The number of nitrogens with zero attached hydrogens (tertiary/aromatic N) is 2. The number of pyridine rings is 1. The number of rotatable bonds is 5. The Labute approximate surface area is 169 Å². The summed E-state index contributed by atoms with van der Waals surface area (Å²) in [6, 6.07) is 18.5. The van der Waals surface area contributed by atoms with Gasteiger partial charge >= 0.3 is 0 Å². The summed E-state index contributed by atoms with van der Waals surface area (Å²) in [7, 11) is 0. The Morgan fingerprint density at radius 2 is 1.97 bits per heavy atom. The number of aromatic nitrogens is 2. The van der Waals surface area contributed by atoms with Crippen molar-refractivity contribution in [2.24, 2.45) is 0 Å². The lowest BCUT2D eigenvalue weighted by Gasteiger charge is -2.19. The molecule has 5 rings (SSSR count). The van der Waals surface area contributed by atoms with E-state index in [0.717, 1.165) is 30.6 Å². The van der Waals surface area contributed by atoms with Gasteiger partial charge in [-0.15, -0.1) is 0 Å². The van der Waals surface area contributed by atoms with Crippen LogP contribution in [0.3, 0.4) is 0 Å². The molecule has 0 unspecified atom stereocenters. The second kappa shape index (κ2) is 7.43. The van der Waals surface area contributed by atoms with Crippen LogP contribution in [0.5, 0.6) is 0 Å². The number of nitrogens with one attached hydrogen (secondary N) is 2. The maximum Gasteiger partial charge on any atom is 0.252 e. The van der Waals surface area contributed by atoms with Crippen molar-refractivity contribution < 1.29 is 4.79 Å². The number of fused-ring (bicyclic) bond motifs is 2. The van der Waals surface area contributed by atoms with Gasteiger partial charge in [0.25, 0.3) is 5.91 Å². The molecule has 2 aromatic heterocycles. The summed E-state index contributed by atoms with van der Waals surface area (Å²) in [5.41, 5.74) is 6.41. The Balaban J connectivity index is 1.27. The molecule has 1 aliphatic rings. The number of H-pyrrole nitrogens is 1. The van der Waals surface area contributed by atoms with Gasteiger partial charge in [-0.1, -0.05) is 36.4 Å². The lowest BCUT2D eigenvalue weighted by atomic mass is 10.1. The summed E-state index contributed by atoms with van der Waals surface area (Å²) in [4.78, 5) is 22.5. The summed E-state index contributed by atoms with van der Waals surface area (Å²) in [6.45, 7) is 1.49. The van der Waals surface area contributed by atoms with Crippen molar-refractivity contribution >= 4 is 28.2 Å². The molecule has 0 aliphatic carbocycles. The molecule has 144 valence electrons. The van der Waals surface area contributed by atoms with E-state index in [0.29, 0.717) is 12.1 Å². The van der Waals surface area contributed by atoms with Crippen molar-refractivity contribution in [2.75, 3.05) is 18.0 Å². The molecule has 29 heavy (non-hydrogen) atoms. The third kappa shape index (κ3) is 3.36. The average molecular weight is 382 g/mol. The standard InChI is InChI=1S/C24H22N4O/c29-24(26-11-9-18-15-27-22-7-3-2-6-21(18)22)19-13-20(16-25-14-19)28-12-10-17-5-1-4-8-23(17)28/h1-8,13-16,27H,9-12H2,(H,26,29). The molecule has 3 heterocycles. The number of hydrogen-bond donors (Lipinski definition) is 2. The highest BCUT2D eigenvalue weighted by molar-refractivity contribution is 5.95. The monoisotopic (exact) mass is 382 g/mol. The first kappa shape index (κ1) is 17.5. The average Bonchev–Trinajstić information content (AvgIpc) is 3.38. The zero-order valence-electron chi connectivity index (χ0n) is 16.1. The van der Waals surface area contributed by atoms with Gasteiger partial charge in [0.05, 0.1) is 17.4 Å². The topological polar surface area (TPSA) is 61.0 Å². The zero-order valence-corrected chi connectivity index (χ0v) is 16.1. The van der Waals surface area contributed by atoms with Crippen LogP contribution in [0.4, 0.5) is 11.4 Å². The van der Waals surface area contributed by atoms with Gasteiger partial charge < -0.3 is 15.2 Å². The normalized spacial score (nSPS) is 12.9. The van der Waals surface area contributed by atoms with Gasteiger partial charge in [-0.2, -0.15) is 0 Å². The molecular formula is C24H22N4O. The van der Waals surface area contributed by atoms with Crippen molar-refractivity contribution in [3.05, 3.63) is 89.9 Å². The Morgan fingerprint density at radius 3 is 2.93 bits per heavy atom. The molecule has 4 aromatic rings. The number of carbonyl (C=O) groups excluding carboxylic acids is 1. The Bertz CT molecular complexity index is 1180. The lowest BCUT2D eigenvalue weighted by molar-refractivity contribution is 0.0954. The van der Waals surface area contributed by atoms with Crippen LogP contribution in [0.2, 0.25) is 0 Å². The van der Waals surface area contributed by atoms with E-state index < -0.39 is 0 Å². The van der Waals surface area contributed by atoms with Crippen LogP contribution in [-0.2, 0) is 12.8 Å². The highest BCUT2D eigenvalue weighted by atomic mass is 16.1. The molecular weight excluding hydrogens is 360 g/mol. The van der Waals surface area contributed by atoms with E-state index in [9.17, 15) is 4.79 Å². The van der Waals surface area contributed by atoms with E-state index in [2.05, 4.69) is 50.5 Å². The molecule has 0 bridgehead atoms. The van der Waals surface area contributed by atoms with Crippen LogP contribution in [0.15, 0.2) is 73.2 Å². The summed E-state index contributed by atoms with van der Waals surface area (Å²) in [5.74, 6) is -0.0910. The van der Waals surface area contributed by atoms with Crippen molar-refractivity contribution in [3.8, 4) is 0 Å². The summed E-state index contributed by atoms with van der Waals surface area (Å²) < 4.78 is 0. The predicted octanol–water partition coefficient (Wildman–Crippen LogP) is 4.23. The fourth-order valence-electron chi connectivity index (χ4n) is 4.06. The van der Waals surface area contributed by atoms with E-state index in [1.807, 2.05) is 36.7 Å². The fourth-order valence-corrected chi connectivity index (χ4v) is 4.06. The van der Waals surface area contributed by atoms with Crippen molar-refractivity contribution in [1.29, 1.82) is 0 Å². The number of amides is 1. The second-order valence-corrected chi connectivity index (χ2v) is 7.33. The van der Waals surface area contributed by atoms with E-state index >= 15 is 0 Å². The Kier molecular flexibility index (Phi) is 4.48. The van der Waals surface area contributed by atoms with Crippen LogP contribution < -0.4 is 10.2 Å². The molecule has 0 spiro atoms. The van der Waals surface area contributed by atoms with Gasteiger partial charge in [-0.3, -0.25) is 9.78 Å². The van der Waals surface area contributed by atoms with Gasteiger partial charge in [0, 0.05) is 42.1 Å². The van der Waals surface area contributed by atoms with Crippen LogP contribution in [0.1, 0.15) is 21.5 Å².